The second-order valence-electron chi connectivity index (χ2n) is 5.20. The first-order valence-corrected chi connectivity index (χ1v) is 8.56. The van der Waals surface area contributed by atoms with E-state index < -0.39 is 0 Å². The first kappa shape index (κ1) is 13.8. The van der Waals surface area contributed by atoms with Crippen molar-refractivity contribution in [1.29, 1.82) is 0 Å². The van der Waals surface area contributed by atoms with E-state index in [-0.39, 0.29) is 0 Å². The van der Waals surface area contributed by atoms with Gasteiger partial charge in [0.2, 0.25) is 0 Å². The van der Waals surface area contributed by atoms with Crippen LogP contribution in [0.15, 0.2) is 48.5 Å². The number of alkyl halides is 1. The van der Waals surface area contributed by atoms with E-state index in [0.717, 1.165) is 6.42 Å². The fourth-order valence-electron chi connectivity index (χ4n) is 2.52. The van der Waals surface area contributed by atoms with Crippen LogP contribution in [-0.4, -0.2) is 0 Å². The molecule has 0 aliphatic rings. The quantitative estimate of drug-likeness (QED) is 0.496. The molecule has 0 aliphatic heterocycles. The molecule has 0 nitrogen and oxygen atoms in total. The SMILES string of the molecule is Cc1cc(C(Br)Cc2cccc3ccccc23)sc1C. The van der Waals surface area contributed by atoms with Crippen molar-refractivity contribution in [3.63, 3.8) is 0 Å². The second-order valence-corrected chi connectivity index (χ2v) is 7.59. The summed E-state index contributed by atoms with van der Waals surface area (Å²) in [5.74, 6) is 0. The number of fused-ring (bicyclic) bond motifs is 1. The molecule has 20 heavy (non-hydrogen) atoms. The van der Waals surface area contributed by atoms with Gasteiger partial charge in [-0.25, -0.2) is 0 Å². The van der Waals surface area contributed by atoms with Crippen LogP contribution in [0.5, 0.6) is 0 Å². The van der Waals surface area contributed by atoms with E-state index in [0.29, 0.717) is 4.83 Å². The van der Waals surface area contributed by atoms with E-state index >= 15 is 0 Å². The summed E-state index contributed by atoms with van der Waals surface area (Å²) in [6.45, 7) is 4.38. The first-order valence-electron chi connectivity index (χ1n) is 6.83. The minimum Gasteiger partial charge on any atom is -0.144 e. The highest BCUT2D eigenvalue weighted by molar-refractivity contribution is 9.09. The Balaban J connectivity index is 1.93. The zero-order chi connectivity index (χ0) is 14.1. The number of halogens is 1. The highest BCUT2D eigenvalue weighted by atomic mass is 79.9. The Kier molecular flexibility index (Phi) is 3.95. The normalized spacial score (nSPS) is 12.8. The van der Waals surface area contributed by atoms with Crippen molar-refractivity contribution in [3.8, 4) is 0 Å². The predicted molar refractivity (Wildman–Crippen MR) is 93.1 cm³/mol. The number of benzene rings is 2. The number of thiophene rings is 1. The van der Waals surface area contributed by atoms with Gasteiger partial charge in [0.05, 0.1) is 4.83 Å². The lowest BCUT2D eigenvalue weighted by molar-refractivity contribution is 0.978. The number of aryl methyl sites for hydroxylation is 2. The van der Waals surface area contributed by atoms with E-state index in [1.165, 1.54) is 31.7 Å². The average molecular weight is 345 g/mol. The summed E-state index contributed by atoms with van der Waals surface area (Å²) in [5.41, 5.74) is 2.81. The van der Waals surface area contributed by atoms with E-state index in [4.69, 9.17) is 0 Å². The monoisotopic (exact) mass is 344 g/mol. The van der Waals surface area contributed by atoms with Crippen LogP contribution in [-0.2, 0) is 6.42 Å². The lowest BCUT2D eigenvalue weighted by Gasteiger charge is -2.10. The molecule has 0 N–H and O–H groups in total. The summed E-state index contributed by atoms with van der Waals surface area (Å²) in [6.07, 6.45) is 1.03. The molecular formula is C18H17BrS. The summed E-state index contributed by atoms with van der Waals surface area (Å²) in [7, 11) is 0. The second kappa shape index (κ2) is 5.71. The fraction of sp³-hybridized carbons (Fsp3) is 0.222. The lowest BCUT2D eigenvalue weighted by atomic mass is 10.0. The van der Waals surface area contributed by atoms with Crippen molar-refractivity contribution >= 4 is 38.0 Å². The standard InChI is InChI=1S/C18H17BrS/c1-12-10-18(20-13(12)2)17(19)11-15-8-5-7-14-6-3-4-9-16(14)15/h3-10,17H,11H2,1-2H3. The molecule has 1 unspecified atom stereocenters. The fourth-order valence-corrected chi connectivity index (χ4v) is 4.30. The molecule has 2 heteroatoms. The van der Waals surface area contributed by atoms with Gasteiger partial charge in [0.25, 0.3) is 0 Å². The highest BCUT2D eigenvalue weighted by Gasteiger charge is 2.13. The summed E-state index contributed by atoms with van der Waals surface area (Å²) < 4.78 is 0. The molecule has 1 atom stereocenters. The Morgan fingerprint density at radius 2 is 1.80 bits per heavy atom. The molecule has 0 aliphatic carbocycles. The van der Waals surface area contributed by atoms with Gasteiger partial charge in [-0.05, 0) is 48.2 Å². The molecular weight excluding hydrogens is 328 g/mol. The van der Waals surface area contributed by atoms with Crippen molar-refractivity contribution in [3.05, 3.63) is 69.4 Å². The van der Waals surface area contributed by atoms with Gasteiger partial charge in [-0.2, -0.15) is 0 Å². The van der Waals surface area contributed by atoms with E-state index in [2.05, 4.69) is 78.3 Å². The van der Waals surface area contributed by atoms with Crippen LogP contribution in [0, 0.1) is 13.8 Å². The minimum absolute atomic E-state index is 0.394. The largest absolute Gasteiger partial charge is 0.144 e. The number of rotatable bonds is 3. The minimum atomic E-state index is 0.394. The third kappa shape index (κ3) is 2.68. The Bertz CT molecular complexity index is 717. The van der Waals surface area contributed by atoms with Crippen LogP contribution in [0.4, 0.5) is 0 Å². The Hall–Kier alpha value is -1.12. The van der Waals surface area contributed by atoms with Crippen molar-refractivity contribution in [2.75, 3.05) is 0 Å². The van der Waals surface area contributed by atoms with E-state index in [9.17, 15) is 0 Å². The van der Waals surface area contributed by atoms with Gasteiger partial charge in [0, 0.05) is 9.75 Å². The van der Waals surface area contributed by atoms with Gasteiger partial charge < -0.3 is 0 Å². The zero-order valence-corrected chi connectivity index (χ0v) is 14.1. The smallest absolute Gasteiger partial charge is 0.0529 e. The molecule has 0 saturated carbocycles. The van der Waals surface area contributed by atoms with Crippen LogP contribution < -0.4 is 0 Å². The van der Waals surface area contributed by atoms with Crippen molar-refractivity contribution in [1.82, 2.24) is 0 Å². The molecule has 2 aromatic carbocycles. The Morgan fingerprint density at radius 1 is 1.05 bits per heavy atom. The molecule has 3 aromatic rings. The molecule has 3 rings (SSSR count). The molecule has 102 valence electrons. The molecule has 1 aromatic heterocycles. The first-order chi connectivity index (χ1) is 9.65. The lowest BCUT2D eigenvalue weighted by Crippen LogP contribution is -1.94. The summed E-state index contributed by atoms with van der Waals surface area (Å²) in [5, 5.41) is 2.69. The Morgan fingerprint density at radius 3 is 2.55 bits per heavy atom. The molecule has 0 fully saturated rings. The van der Waals surface area contributed by atoms with Crippen LogP contribution in [0.1, 0.15) is 25.7 Å². The molecule has 0 saturated heterocycles. The van der Waals surface area contributed by atoms with Crippen molar-refractivity contribution in [2.45, 2.75) is 25.1 Å². The molecule has 0 bridgehead atoms. The van der Waals surface area contributed by atoms with Gasteiger partial charge in [0.15, 0.2) is 0 Å². The molecule has 0 amide bonds. The summed E-state index contributed by atoms with van der Waals surface area (Å²) in [6, 6.07) is 17.5. The third-order valence-electron chi connectivity index (χ3n) is 3.77. The topological polar surface area (TPSA) is 0 Å². The summed E-state index contributed by atoms with van der Waals surface area (Å²) in [4.78, 5) is 3.24. The van der Waals surface area contributed by atoms with Crippen molar-refractivity contribution < 1.29 is 0 Å². The van der Waals surface area contributed by atoms with Gasteiger partial charge in [-0.1, -0.05) is 58.4 Å². The van der Waals surface area contributed by atoms with Crippen LogP contribution in [0.3, 0.4) is 0 Å². The Labute approximate surface area is 132 Å². The third-order valence-corrected chi connectivity index (χ3v) is 6.16. The van der Waals surface area contributed by atoms with Crippen molar-refractivity contribution in [2.24, 2.45) is 0 Å². The van der Waals surface area contributed by atoms with Crippen LogP contribution in [0.2, 0.25) is 0 Å². The van der Waals surface area contributed by atoms with Gasteiger partial charge in [-0.3, -0.25) is 0 Å². The maximum atomic E-state index is 3.87. The predicted octanol–water partition coefficient (Wildman–Crippen LogP) is 6.20. The van der Waals surface area contributed by atoms with E-state index in [1.807, 2.05) is 11.3 Å². The van der Waals surface area contributed by atoms with Gasteiger partial charge >= 0.3 is 0 Å². The van der Waals surface area contributed by atoms with Gasteiger partial charge in [-0.15, -0.1) is 11.3 Å². The summed E-state index contributed by atoms with van der Waals surface area (Å²) >= 11 is 5.77. The highest BCUT2D eigenvalue weighted by Crippen LogP contribution is 2.35. The van der Waals surface area contributed by atoms with Crippen LogP contribution in [0.25, 0.3) is 10.8 Å². The average Bonchev–Trinajstić information content (AvgIpc) is 2.79. The van der Waals surface area contributed by atoms with Crippen LogP contribution >= 0.6 is 27.3 Å². The molecule has 1 heterocycles. The molecule has 0 spiro atoms. The number of hydrogen-bond donors (Lipinski definition) is 0. The van der Waals surface area contributed by atoms with Gasteiger partial charge in [0.1, 0.15) is 0 Å². The maximum absolute atomic E-state index is 3.87. The molecule has 0 radical (unpaired) electrons. The zero-order valence-electron chi connectivity index (χ0n) is 11.7. The number of hydrogen-bond acceptors (Lipinski definition) is 1. The van der Waals surface area contributed by atoms with E-state index in [1.54, 1.807) is 0 Å². The maximum Gasteiger partial charge on any atom is 0.0529 e.